The van der Waals surface area contributed by atoms with Crippen LogP contribution in [0.4, 0.5) is 5.69 Å². The molecule has 1 amide bonds. The Morgan fingerprint density at radius 3 is 1.93 bits per heavy atom. The third-order valence-corrected chi connectivity index (χ3v) is 5.29. The Kier molecular flexibility index (Phi) is 5.14. The molecule has 29 heavy (non-hydrogen) atoms. The number of aliphatic hydroxyl groups is 1. The summed E-state index contributed by atoms with van der Waals surface area (Å²) >= 11 is 11.9. The second-order valence-electron chi connectivity index (χ2n) is 6.56. The highest BCUT2D eigenvalue weighted by molar-refractivity contribution is 6.51. The highest BCUT2D eigenvalue weighted by Gasteiger charge is 2.46. The van der Waals surface area contributed by atoms with Gasteiger partial charge in [-0.3, -0.25) is 14.5 Å². The summed E-state index contributed by atoms with van der Waals surface area (Å²) in [6.45, 7) is 0. The minimum Gasteiger partial charge on any atom is -0.507 e. The topological polar surface area (TPSA) is 57.6 Å². The first-order valence-electron chi connectivity index (χ1n) is 8.85. The Morgan fingerprint density at radius 2 is 1.34 bits per heavy atom. The SMILES string of the molecule is O=C1C(=O)N(c2ccccc2)[C@@H](c2ccc(Cl)cc2)/C1=C(\O)c1ccc(Cl)cc1. The van der Waals surface area contributed by atoms with Crippen LogP contribution in [-0.4, -0.2) is 16.8 Å². The van der Waals surface area contributed by atoms with Gasteiger partial charge in [0, 0.05) is 21.3 Å². The number of rotatable bonds is 3. The van der Waals surface area contributed by atoms with Gasteiger partial charge in [0.05, 0.1) is 11.6 Å². The lowest BCUT2D eigenvalue weighted by atomic mass is 9.95. The van der Waals surface area contributed by atoms with Crippen molar-refractivity contribution in [2.75, 3.05) is 4.90 Å². The Morgan fingerprint density at radius 1 is 0.793 bits per heavy atom. The van der Waals surface area contributed by atoms with Crippen molar-refractivity contribution in [3.05, 3.63) is 106 Å². The lowest BCUT2D eigenvalue weighted by Gasteiger charge is -2.25. The Hall–Kier alpha value is -3.08. The molecule has 0 bridgehead atoms. The fraction of sp³-hybridized carbons (Fsp3) is 0.0435. The molecule has 3 aromatic rings. The molecule has 4 rings (SSSR count). The van der Waals surface area contributed by atoms with Crippen LogP contribution >= 0.6 is 23.2 Å². The molecule has 1 saturated heterocycles. The number of anilines is 1. The van der Waals surface area contributed by atoms with Crippen LogP contribution in [0, 0.1) is 0 Å². The minimum atomic E-state index is -0.787. The molecule has 3 aromatic carbocycles. The lowest BCUT2D eigenvalue weighted by Crippen LogP contribution is -2.29. The van der Waals surface area contributed by atoms with E-state index in [1.807, 2.05) is 6.07 Å². The number of benzene rings is 3. The zero-order chi connectivity index (χ0) is 20.5. The molecule has 1 aliphatic heterocycles. The summed E-state index contributed by atoms with van der Waals surface area (Å²) in [4.78, 5) is 27.3. The van der Waals surface area contributed by atoms with E-state index in [1.54, 1.807) is 72.8 Å². The molecule has 1 N–H and O–H groups in total. The molecule has 0 spiro atoms. The highest BCUT2D eigenvalue weighted by Crippen LogP contribution is 2.42. The Bertz CT molecular complexity index is 1110. The lowest BCUT2D eigenvalue weighted by molar-refractivity contribution is -0.132. The van der Waals surface area contributed by atoms with Crippen molar-refractivity contribution in [2.45, 2.75) is 6.04 Å². The highest BCUT2D eigenvalue weighted by atomic mass is 35.5. The molecule has 0 aromatic heterocycles. The molecule has 0 aliphatic carbocycles. The summed E-state index contributed by atoms with van der Waals surface area (Å²) in [5.74, 6) is -1.70. The number of carbonyl (C=O) groups excluding carboxylic acids is 2. The first-order chi connectivity index (χ1) is 14.0. The van der Waals surface area contributed by atoms with Gasteiger partial charge in [-0.05, 0) is 54.1 Å². The summed E-state index contributed by atoms with van der Waals surface area (Å²) in [7, 11) is 0. The van der Waals surface area contributed by atoms with E-state index in [9.17, 15) is 14.7 Å². The summed E-state index contributed by atoms with van der Waals surface area (Å²) < 4.78 is 0. The van der Waals surface area contributed by atoms with E-state index >= 15 is 0 Å². The zero-order valence-electron chi connectivity index (χ0n) is 15.0. The van der Waals surface area contributed by atoms with Crippen LogP contribution in [0.1, 0.15) is 17.2 Å². The number of hydrogen-bond donors (Lipinski definition) is 1. The molecule has 1 aliphatic rings. The van der Waals surface area contributed by atoms with Gasteiger partial charge < -0.3 is 5.11 Å². The number of hydrogen-bond acceptors (Lipinski definition) is 3. The van der Waals surface area contributed by atoms with Crippen LogP contribution in [0.25, 0.3) is 5.76 Å². The van der Waals surface area contributed by atoms with Crippen molar-refractivity contribution in [3.63, 3.8) is 0 Å². The van der Waals surface area contributed by atoms with E-state index in [2.05, 4.69) is 0 Å². The van der Waals surface area contributed by atoms with Crippen molar-refractivity contribution in [1.29, 1.82) is 0 Å². The van der Waals surface area contributed by atoms with Gasteiger partial charge >= 0.3 is 0 Å². The quantitative estimate of drug-likeness (QED) is 0.337. The van der Waals surface area contributed by atoms with Crippen molar-refractivity contribution >= 4 is 46.3 Å². The molecular formula is C23H15Cl2NO3. The van der Waals surface area contributed by atoms with E-state index in [0.717, 1.165) is 0 Å². The third kappa shape index (κ3) is 3.53. The Balaban J connectivity index is 1.94. The molecule has 6 heteroatoms. The molecular weight excluding hydrogens is 409 g/mol. The van der Waals surface area contributed by atoms with Crippen molar-refractivity contribution in [3.8, 4) is 0 Å². The van der Waals surface area contributed by atoms with Crippen LogP contribution in [0.3, 0.4) is 0 Å². The van der Waals surface area contributed by atoms with E-state index in [4.69, 9.17) is 23.2 Å². The molecule has 0 saturated carbocycles. The van der Waals surface area contributed by atoms with Gasteiger partial charge in [0.25, 0.3) is 11.7 Å². The van der Waals surface area contributed by atoms with Crippen LogP contribution in [-0.2, 0) is 9.59 Å². The summed E-state index contributed by atoms with van der Waals surface area (Å²) in [6.07, 6.45) is 0. The van der Waals surface area contributed by atoms with Crippen LogP contribution < -0.4 is 4.90 Å². The fourth-order valence-corrected chi connectivity index (χ4v) is 3.66. The fourth-order valence-electron chi connectivity index (χ4n) is 3.41. The third-order valence-electron chi connectivity index (χ3n) is 4.78. The number of para-hydroxylation sites is 1. The monoisotopic (exact) mass is 423 g/mol. The number of ketones is 1. The number of nitrogens with zero attached hydrogens (tertiary/aromatic N) is 1. The van der Waals surface area contributed by atoms with Crippen molar-refractivity contribution in [1.82, 2.24) is 0 Å². The summed E-state index contributed by atoms with van der Waals surface area (Å²) in [5.41, 5.74) is 1.64. The molecule has 4 nitrogen and oxygen atoms in total. The van der Waals surface area contributed by atoms with Gasteiger partial charge in [0.15, 0.2) is 0 Å². The average molecular weight is 424 g/mol. The summed E-state index contributed by atoms with van der Waals surface area (Å²) in [6, 6.07) is 21.4. The first kappa shape index (κ1) is 19.2. The maximum atomic E-state index is 13.0. The normalized spacial score (nSPS) is 18.3. The van der Waals surface area contributed by atoms with Crippen LogP contribution in [0.5, 0.6) is 0 Å². The maximum absolute atomic E-state index is 13.0. The maximum Gasteiger partial charge on any atom is 0.300 e. The molecule has 1 fully saturated rings. The van der Waals surface area contributed by atoms with Gasteiger partial charge in [-0.1, -0.05) is 53.5 Å². The van der Waals surface area contributed by atoms with Gasteiger partial charge in [-0.15, -0.1) is 0 Å². The number of halogens is 2. The van der Waals surface area contributed by atoms with Gasteiger partial charge in [0.1, 0.15) is 5.76 Å². The molecule has 0 unspecified atom stereocenters. The smallest absolute Gasteiger partial charge is 0.300 e. The largest absolute Gasteiger partial charge is 0.507 e. The van der Waals surface area contributed by atoms with Gasteiger partial charge in [0.2, 0.25) is 0 Å². The number of Topliss-reactive ketones (excluding diaryl/α,β-unsaturated/α-hetero) is 1. The van der Waals surface area contributed by atoms with Crippen molar-refractivity contribution in [2.24, 2.45) is 0 Å². The second-order valence-corrected chi connectivity index (χ2v) is 7.44. The van der Waals surface area contributed by atoms with E-state index < -0.39 is 17.7 Å². The average Bonchev–Trinajstić information content (AvgIpc) is 3.00. The van der Waals surface area contributed by atoms with Crippen LogP contribution in [0.2, 0.25) is 10.0 Å². The number of amides is 1. The Labute approximate surface area is 177 Å². The van der Waals surface area contributed by atoms with E-state index in [-0.39, 0.29) is 11.3 Å². The van der Waals surface area contributed by atoms with Crippen molar-refractivity contribution < 1.29 is 14.7 Å². The number of aliphatic hydroxyl groups excluding tert-OH is 1. The molecule has 1 atom stereocenters. The molecule has 144 valence electrons. The minimum absolute atomic E-state index is 0.0171. The van der Waals surface area contributed by atoms with E-state index in [1.165, 1.54) is 4.90 Å². The summed E-state index contributed by atoms with van der Waals surface area (Å²) in [5, 5.41) is 12.0. The predicted molar refractivity (Wildman–Crippen MR) is 114 cm³/mol. The zero-order valence-corrected chi connectivity index (χ0v) is 16.6. The second kappa shape index (κ2) is 7.74. The molecule has 1 heterocycles. The number of carbonyl (C=O) groups is 2. The predicted octanol–water partition coefficient (Wildman–Crippen LogP) is 5.62. The standard InChI is InChI=1S/C23H15Cl2NO3/c24-16-10-6-14(7-11-16)20-19(21(27)15-8-12-17(25)13-9-15)22(28)23(29)26(20)18-4-2-1-3-5-18/h1-13,20,27H/b21-19+/t20-/m0/s1. The van der Waals surface area contributed by atoms with Gasteiger partial charge in [-0.2, -0.15) is 0 Å². The van der Waals surface area contributed by atoms with Gasteiger partial charge in [-0.25, -0.2) is 0 Å². The van der Waals surface area contributed by atoms with E-state index in [0.29, 0.717) is 26.9 Å². The van der Waals surface area contributed by atoms with Crippen LogP contribution in [0.15, 0.2) is 84.4 Å². The molecule has 0 radical (unpaired) electrons. The first-order valence-corrected chi connectivity index (χ1v) is 9.60.